The second-order valence-electron chi connectivity index (χ2n) is 26.7. The van der Waals surface area contributed by atoms with Crippen LogP contribution in [0.25, 0.3) is 0 Å². The Labute approximate surface area is 568 Å². The molecule has 0 saturated heterocycles. The molecule has 0 spiro atoms. The van der Waals surface area contributed by atoms with Crippen LogP contribution >= 0.6 is 15.6 Å². The number of esters is 4. The summed E-state index contributed by atoms with van der Waals surface area (Å²) in [5.41, 5.74) is 0. The van der Waals surface area contributed by atoms with Crippen molar-refractivity contribution in [2.75, 3.05) is 39.6 Å². The predicted octanol–water partition coefficient (Wildman–Crippen LogP) is 21.8. The number of carbonyl (C=O) groups is 4. The molecule has 5 atom stereocenters. The van der Waals surface area contributed by atoms with Gasteiger partial charge in [0.15, 0.2) is 12.2 Å². The minimum atomic E-state index is -4.95. The third-order valence-electron chi connectivity index (χ3n) is 17.4. The maximum absolute atomic E-state index is 13.1. The number of phosphoric ester groups is 2. The van der Waals surface area contributed by atoms with E-state index >= 15 is 0 Å². The van der Waals surface area contributed by atoms with Crippen LogP contribution < -0.4 is 0 Å². The molecular weight excluding hydrogens is 1220 g/mol. The van der Waals surface area contributed by atoms with Gasteiger partial charge in [0.1, 0.15) is 19.3 Å². The molecule has 17 nitrogen and oxygen atoms in total. The molecule has 3 N–H and O–H groups in total. The molecular formula is C74H144O17P2. The fourth-order valence-corrected chi connectivity index (χ4v) is 13.0. The van der Waals surface area contributed by atoms with Gasteiger partial charge in [0.2, 0.25) is 0 Å². The number of ether oxygens (including phenoxy) is 4. The van der Waals surface area contributed by atoms with Gasteiger partial charge in [-0.25, -0.2) is 9.13 Å². The van der Waals surface area contributed by atoms with Crippen molar-refractivity contribution in [3.05, 3.63) is 0 Å². The molecule has 0 aromatic carbocycles. The Morgan fingerprint density at radius 3 is 0.634 bits per heavy atom. The monoisotopic (exact) mass is 1370 g/mol. The van der Waals surface area contributed by atoms with Gasteiger partial charge in [-0.1, -0.05) is 342 Å². The van der Waals surface area contributed by atoms with E-state index in [9.17, 15) is 43.2 Å². The Bertz CT molecular complexity index is 1770. The van der Waals surface area contributed by atoms with Crippen molar-refractivity contribution in [2.24, 2.45) is 0 Å². The average Bonchev–Trinajstić information content (AvgIpc) is 1.91. The van der Waals surface area contributed by atoms with Crippen molar-refractivity contribution in [1.29, 1.82) is 0 Å². The maximum atomic E-state index is 13.1. The van der Waals surface area contributed by atoms with Gasteiger partial charge in [0, 0.05) is 25.7 Å². The second kappa shape index (κ2) is 68.6. The van der Waals surface area contributed by atoms with E-state index in [2.05, 4.69) is 27.7 Å². The highest BCUT2D eigenvalue weighted by molar-refractivity contribution is 7.47. The van der Waals surface area contributed by atoms with Crippen LogP contribution in [0.3, 0.4) is 0 Å². The summed E-state index contributed by atoms with van der Waals surface area (Å²) in [6.07, 6.45) is 58.5. The summed E-state index contributed by atoms with van der Waals surface area (Å²) in [6, 6.07) is 0. The van der Waals surface area contributed by atoms with Gasteiger partial charge < -0.3 is 33.8 Å². The molecule has 93 heavy (non-hydrogen) atoms. The van der Waals surface area contributed by atoms with E-state index in [-0.39, 0.29) is 25.7 Å². The summed E-state index contributed by atoms with van der Waals surface area (Å²) in [4.78, 5) is 72.5. The molecule has 0 aliphatic carbocycles. The van der Waals surface area contributed by atoms with Crippen LogP contribution in [-0.4, -0.2) is 96.7 Å². The molecule has 0 aromatic heterocycles. The lowest BCUT2D eigenvalue weighted by Gasteiger charge is -2.21. The first-order chi connectivity index (χ1) is 45.2. The normalized spacial score (nSPS) is 13.9. The number of hydrogen-bond acceptors (Lipinski definition) is 15. The second-order valence-corrected chi connectivity index (χ2v) is 29.6. The molecule has 552 valence electrons. The number of aliphatic hydroxyl groups is 1. The highest BCUT2D eigenvalue weighted by atomic mass is 31.2. The minimum Gasteiger partial charge on any atom is -0.462 e. The maximum Gasteiger partial charge on any atom is 0.472 e. The zero-order valence-electron chi connectivity index (χ0n) is 60.2. The van der Waals surface area contributed by atoms with Crippen LogP contribution in [0.1, 0.15) is 394 Å². The van der Waals surface area contributed by atoms with Crippen molar-refractivity contribution in [3.63, 3.8) is 0 Å². The van der Waals surface area contributed by atoms with Gasteiger partial charge in [-0.2, -0.15) is 0 Å². The molecule has 0 amide bonds. The van der Waals surface area contributed by atoms with Gasteiger partial charge in [0.25, 0.3) is 0 Å². The van der Waals surface area contributed by atoms with Gasteiger partial charge >= 0.3 is 39.5 Å². The lowest BCUT2D eigenvalue weighted by Crippen LogP contribution is -2.30. The summed E-state index contributed by atoms with van der Waals surface area (Å²) in [5.74, 6) is -2.12. The number of carbonyl (C=O) groups excluding carboxylic acids is 4. The summed E-state index contributed by atoms with van der Waals surface area (Å²) < 4.78 is 68.3. The minimum absolute atomic E-state index is 0.107. The third-order valence-corrected chi connectivity index (χ3v) is 19.3. The first-order valence-electron chi connectivity index (χ1n) is 38.8. The van der Waals surface area contributed by atoms with Crippen molar-refractivity contribution < 1.29 is 80.2 Å². The standard InChI is InChI=1S/C74H144O17P2/c1-5-9-13-17-21-24-27-29-31-33-35-37-39-41-44-47-51-55-59-72(77)85-65-70(91-74(79)61-57-53-49-45-42-40-38-36-34-32-30-28-25-22-18-14-10-6-2)67-89-93(82,83)87-63-68(75)62-86-92(80,81)88-66-69(64-84-71(76)58-54-50-46-20-16-12-8-4)90-73(78)60-56-52-48-43-26-23-19-15-11-7-3/h68-70,75H,5-67H2,1-4H3,(H,80,81)(H,82,83)/t68-,69+,70+/m0/s1. The number of unbranched alkanes of at least 4 members (excludes halogenated alkanes) is 49. The average molecular weight is 1370 g/mol. The summed E-state index contributed by atoms with van der Waals surface area (Å²) in [5, 5.41) is 10.6. The largest absolute Gasteiger partial charge is 0.472 e. The lowest BCUT2D eigenvalue weighted by molar-refractivity contribution is -0.161. The topological polar surface area (TPSA) is 237 Å². The van der Waals surface area contributed by atoms with E-state index in [1.165, 1.54) is 212 Å². The van der Waals surface area contributed by atoms with E-state index in [4.69, 9.17) is 37.0 Å². The van der Waals surface area contributed by atoms with E-state index in [0.717, 1.165) is 103 Å². The van der Waals surface area contributed by atoms with Crippen molar-refractivity contribution >= 4 is 39.5 Å². The van der Waals surface area contributed by atoms with Gasteiger partial charge in [-0.05, 0) is 25.7 Å². The van der Waals surface area contributed by atoms with Crippen LogP contribution in [0.4, 0.5) is 0 Å². The summed E-state index contributed by atoms with van der Waals surface area (Å²) >= 11 is 0. The Morgan fingerprint density at radius 2 is 0.430 bits per heavy atom. The van der Waals surface area contributed by atoms with Crippen molar-refractivity contribution in [3.8, 4) is 0 Å². The van der Waals surface area contributed by atoms with Crippen molar-refractivity contribution in [1.82, 2.24) is 0 Å². The molecule has 0 rings (SSSR count). The molecule has 0 saturated carbocycles. The Hall–Kier alpha value is -1.94. The van der Waals surface area contributed by atoms with E-state index in [0.29, 0.717) is 25.7 Å². The zero-order chi connectivity index (χ0) is 68.2. The van der Waals surface area contributed by atoms with Crippen LogP contribution in [0.5, 0.6) is 0 Å². The Morgan fingerprint density at radius 1 is 0.258 bits per heavy atom. The molecule has 2 unspecified atom stereocenters. The smallest absolute Gasteiger partial charge is 0.462 e. The molecule has 0 fully saturated rings. The lowest BCUT2D eigenvalue weighted by atomic mass is 10.0. The number of hydrogen-bond donors (Lipinski definition) is 3. The molecule has 0 aliphatic rings. The number of phosphoric acid groups is 2. The third kappa shape index (κ3) is 68.4. The highest BCUT2D eigenvalue weighted by Crippen LogP contribution is 2.45. The molecule has 0 bridgehead atoms. The van der Waals surface area contributed by atoms with Gasteiger partial charge in [-0.3, -0.25) is 37.3 Å². The SMILES string of the molecule is CCCCCCCCCCCCCCCCCCCCC(=O)OC[C@H](COP(=O)(O)OC[C@@H](O)COP(=O)(O)OC[C@@H](COC(=O)CCCCCCCCC)OC(=O)CCCCCCCCCCCC)OC(=O)CCCCCCCCCCCCCCCCCCCC. The fraction of sp³-hybridized carbons (Fsp3) is 0.946. The van der Waals surface area contributed by atoms with Gasteiger partial charge in [-0.15, -0.1) is 0 Å². The van der Waals surface area contributed by atoms with Crippen molar-refractivity contribution in [2.45, 2.75) is 412 Å². The first-order valence-corrected chi connectivity index (χ1v) is 41.8. The number of rotatable bonds is 75. The van der Waals surface area contributed by atoms with Crippen LogP contribution in [-0.2, 0) is 65.4 Å². The Balaban J connectivity index is 5.16. The summed E-state index contributed by atoms with van der Waals surface area (Å²) in [7, 11) is -9.90. The molecule has 19 heteroatoms. The molecule has 0 heterocycles. The summed E-state index contributed by atoms with van der Waals surface area (Å²) in [6.45, 7) is 4.92. The van der Waals surface area contributed by atoms with E-state index < -0.39 is 97.5 Å². The highest BCUT2D eigenvalue weighted by Gasteiger charge is 2.30. The Kier molecular flexibility index (Phi) is 67.1. The molecule has 0 radical (unpaired) electrons. The van der Waals surface area contributed by atoms with Crippen LogP contribution in [0.15, 0.2) is 0 Å². The van der Waals surface area contributed by atoms with Crippen LogP contribution in [0.2, 0.25) is 0 Å². The molecule has 0 aromatic rings. The fourth-order valence-electron chi connectivity index (χ4n) is 11.4. The quantitative estimate of drug-likeness (QED) is 0.0222. The van der Waals surface area contributed by atoms with E-state index in [1.807, 2.05) is 0 Å². The van der Waals surface area contributed by atoms with Gasteiger partial charge in [0.05, 0.1) is 26.4 Å². The predicted molar refractivity (Wildman–Crippen MR) is 377 cm³/mol. The van der Waals surface area contributed by atoms with Crippen LogP contribution in [0, 0.1) is 0 Å². The first kappa shape index (κ1) is 91.1. The molecule has 0 aliphatic heterocycles. The zero-order valence-corrected chi connectivity index (χ0v) is 62.0. The van der Waals surface area contributed by atoms with E-state index in [1.54, 1.807) is 0 Å². The number of aliphatic hydroxyl groups excluding tert-OH is 1.